The Morgan fingerprint density at radius 2 is 1.85 bits per heavy atom. The number of hydrogen-bond acceptors (Lipinski definition) is 3. The Kier molecular flexibility index (Phi) is 8.59. The third kappa shape index (κ3) is 5.58. The Morgan fingerprint density at radius 3 is 2.59 bits per heavy atom. The monoisotopic (exact) mass is 527 g/mol. The van der Waals surface area contributed by atoms with Gasteiger partial charge in [-0.2, -0.15) is 0 Å². The lowest BCUT2D eigenvalue weighted by atomic mass is 9.65. The van der Waals surface area contributed by atoms with E-state index in [0.29, 0.717) is 24.3 Å². The number of anilines is 1. The van der Waals surface area contributed by atoms with Crippen LogP contribution in [-0.4, -0.2) is 29.4 Å². The van der Waals surface area contributed by atoms with Gasteiger partial charge in [0.15, 0.2) is 5.78 Å². The van der Waals surface area contributed by atoms with Crippen molar-refractivity contribution < 1.29 is 14.7 Å². The van der Waals surface area contributed by atoms with Crippen LogP contribution in [0.1, 0.15) is 113 Å². The molecular formula is C35H45NO3. The van der Waals surface area contributed by atoms with Gasteiger partial charge in [-0.15, -0.1) is 0 Å². The van der Waals surface area contributed by atoms with Crippen LogP contribution in [0.25, 0.3) is 6.08 Å². The van der Waals surface area contributed by atoms with Crippen LogP contribution in [0.3, 0.4) is 0 Å². The van der Waals surface area contributed by atoms with Gasteiger partial charge in [0.05, 0.1) is 5.41 Å². The van der Waals surface area contributed by atoms with Gasteiger partial charge in [0.2, 0.25) is 0 Å². The van der Waals surface area contributed by atoms with E-state index in [-0.39, 0.29) is 12.2 Å². The fourth-order valence-corrected chi connectivity index (χ4v) is 7.88. The minimum atomic E-state index is -0.733. The summed E-state index contributed by atoms with van der Waals surface area (Å²) < 4.78 is 0. The van der Waals surface area contributed by atoms with Crippen LogP contribution in [0.5, 0.6) is 0 Å². The molecule has 0 saturated heterocycles. The van der Waals surface area contributed by atoms with E-state index in [2.05, 4.69) is 67.3 Å². The van der Waals surface area contributed by atoms with Crippen molar-refractivity contribution in [3.63, 3.8) is 0 Å². The molecule has 0 spiro atoms. The van der Waals surface area contributed by atoms with E-state index in [4.69, 9.17) is 0 Å². The highest BCUT2D eigenvalue weighted by molar-refractivity contribution is 6.02. The molecule has 1 heterocycles. The number of rotatable bonds is 11. The van der Waals surface area contributed by atoms with Crippen molar-refractivity contribution in [3.8, 4) is 0 Å². The second-order valence-electron chi connectivity index (χ2n) is 12.1. The topological polar surface area (TPSA) is 57.6 Å². The summed E-state index contributed by atoms with van der Waals surface area (Å²) in [5, 5.41) is 9.22. The molecule has 3 unspecified atom stereocenters. The van der Waals surface area contributed by atoms with Crippen LogP contribution in [0, 0.1) is 5.92 Å². The number of carbonyl (C=O) groups excluding carboxylic acids is 1. The highest BCUT2D eigenvalue weighted by Gasteiger charge is 2.42. The highest BCUT2D eigenvalue weighted by atomic mass is 16.4. The van der Waals surface area contributed by atoms with Crippen LogP contribution in [0.4, 0.5) is 5.69 Å². The van der Waals surface area contributed by atoms with Crippen LogP contribution in [0.15, 0.2) is 48.5 Å². The second kappa shape index (κ2) is 12.1. The predicted octanol–water partition coefficient (Wildman–Crippen LogP) is 8.08. The minimum absolute atomic E-state index is 0.200. The maximum absolute atomic E-state index is 14.2. The zero-order valence-electron chi connectivity index (χ0n) is 23.8. The largest absolute Gasteiger partial charge is 0.481 e. The first-order chi connectivity index (χ1) is 19.0. The van der Waals surface area contributed by atoms with Crippen molar-refractivity contribution >= 4 is 23.5 Å². The van der Waals surface area contributed by atoms with E-state index in [1.165, 1.54) is 48.1 Å². The summed E-state index contributed by atoms with van der Waals surface area (Å²) in [5.74, 6) is 0.432. The smallest absolute Gasteiger partial charge is 0.303 e. The number of allylic oxidation sites excluding steroid dienone is 1. The average molecular weight is 528 g/mol. The molecule has 2 fully saturated rings. The fraction of sp³-hybridized carbons (Fsp3) is 0.543. The zero-order chi connectivity index (χ0) is 27.4. The molecule has 0 amide bonds. The van der Waals surface area contributed by atoms with Crippen molar-refractivity contribution in [1.29, 1.82) is 0 Å². The number of carboxylic acids is 1. The van der Waals surface area contributed by atoms with Crippen LogP contribution in [0.2, 0.25) is 0 Å². The number of carbonyl (C=O) groups is 2. The standard InChI is InChI=1S/C35H45NO3/c1-3-25(17-20-34(38)39)23-27-11-6-7-13-30(27)35(21-8-5-9-22-35)33(37)19-16-26-15-18-32-29(24-26)28-12-10-14-31(28)36(32)4-2/h6-7,11,13,15-16,18-19,24-25,28,31H,3-5,8-10,12,14,17,20-23H2,1-2H3,(H,38,39). The van der Waals surface area contributed by atoms with Crippen molar-refractivity contribution in [2.75, 3.05) is 11.4 Å². The van der Waals surface area contributed by atoms with E-state index < -0.39 is 11.4 Å². The Hall–Kier alpha value is -2.88. The summed E-state index contributed by atoms with van der Waals surface area (Å²) >= 11 is 0. The summed E-state index contributed by atoms with van der Waals surface area (Å²) in [5.41, 5.74) is 5.91. The second-order valence-corrected chi connectivity index (χ2v) is 12.1. The predicted molar refractivity (Wildman–Crippen MR) is 159 cm³/mol. The Bertz CT molecular complexity index is 1210. The molecule has 0 aromatic heterocycles. The van der Waals surface area contributed by atoms with Gasteiger partial charge in [0.25, 0.3) is 0 Å². The number of ketones is 1. The van der Waals surface area contributed by atoms with Crippen LogP contribution < -0.4 is 4.90 Å². The number of nitrogens with zero attached hydrogens (tertiary/aromatic N) is 1. The van der Waals surface area contributed by atoms with Crippen molar-refractivity contribution in [3.05, 3.63) is 70.8 Å². The number of fused-ring (bicyclic) bond motifs is 3. The molecule has 3 atom stereocenters. The number of benzene rings is 2. The van der Waals surface area contributed by atoms with Crippen LogP contribution >= 0.6 is 0 Å². The van der Waals surface area contributed by atoms with E-state index in [9.17, 15) is 14.7 Å². The fourth-order valence-electron chi connectivity index (χ4n) is 7.88. The lowest BCUT2D eigenvalue weighted by Gasteiger charge is -2.37. The molecule has 0 radical (unpaired) electrons. The molecule has 0 bridgehead atoms. The molecule has 3 aliphatic rings. The lowest BCUT2D eigenvalue weighted by Crippen LogP contribution is -2.38. The summed E-state index contributed by atoms with van der Waals surface area (Å²) in [6, 6.07) is 15.9. The number of carboxylic acid groups (broad SMARTS) is 1. The Balaban J connectivity index is 1.41. The molecule has 208 valence electrons. The van der Waals surface area contributed by atoms with Gasteiger partial charge in [0.1, 0.15) is 0 Å². The van der Waals surface area contributed by atoms with Gasteiger partial charge in [-0.3, -0.25) is 9.59 Å². The van der Waals surface area contributed by atoms with Crippen molar-refractivity contribution in [2.45, 2.75) is 108 Å². The van der Waals surface area contributed by atoms with Gasteiger partial charge in [-0.1, -0.05) is 75.4 Å². The zero-order valence-corrected chi connectivity index (χ0v) is 23.8. The van der Waals surface area contributed by atoms with Gasteiger partial charge in [-0.25, -0.2) is 0 Å². The summed E-state index contributed by atoms with van der Waals surface area (Å²) in [6.07, 6.45) is 15.5. The first-order valence-electron chi connectivity index (χ1n) is 15.4. The molecule has 5 rings (SSSR count). The highest BCUT2D eigenvalue weighted by Crippen LogP contribution is 2.49. The van der Waals surface area contributed by atoms with Gasteiger partial charge < -0.3 is 10.0 Å². The first-order valence-corrected chi connectivity index (χ1v) is 15.4. The Labute approximate surface area is 234 Å². The normalized spacial score (nSPS) is 22.6. The Morgan fingerprint density at radius 1 is 1.05 bits per heavy atom. The molecule has 4 nitrogen and oxygen atoms in total. The molecule has 2 aromatic rings. The maximum atomic E-state index is 14.2. The first kappa shape index (κ1) is 27.7. The lowest BCUT2D eigenvalue weighted by molar-refractivity contribution is -0.137. The third-order valence-corrected chi connectivity index (χ3v) is 9.97. The molecule has 39 heavy (non-hydrogen) atoms. The maximum Gasteiger partial charge on any atom is 0.303 e. The van der Waals surface area contributed by atoms with E-state index in [0.717, 1.165) is 50.6 Å². The molecule has 1 aliphatic heterocycles. The number of likely N-dealkylation sites (N-methyl/N-ethyl adjacent to an activating group) is 1. The summed E-state index contributed by atoms with van der Waals surface area (Å²) in [4.78, 5) is 28.0. The number of hydrogen-bond donors (Lipinski definition) is 1. The molecular weight excluding hydrogens is 482 g/mol. The molecule has 2 aromatic carbocycles. The third-order valence-electron chi connectivity index (χ3n) is 9.97. The molecule has 1 N–H and O–H groups in total. The van der Waals surface area contributed by atoms with Gasteiger partial charge >= 0.3 is 5.97 Å². The molecule has 2 aliphatic carbocycles. The summed E-state index contributed by atoms with van der Waals surface area (Å²) in [7, 11) is 0. The van der Waals surface area contributed by atoms with Crippen LogP contribution in [-0.2, 0) is 21.4 Å². The van der Waals surface area contributed by atoms with E-state index in [1.807, 2.05) is 6.08 Å². The average Bonchev–Trinajstić information content (AvgIpc) is 3.55. The minimum Gasteiger partial charge on any atom is -0.481 e. The van der Waals surface area contributed by atoms with E-state index in [1.54, 1.807) is 0 Å². The van der Waals surface area contributed by atoms with Gasteiger partial charge in [0, 0.05) is 30.6 Å². The molecule has 4 heteroatoms. The van der Waals surface area contributed by atoms with E-state index >= 15 is 0 Å². The molecule has 2 saturated carbocycles. The van der Waals surface area contributed by atoms with Crippen molar-refractivity contribution in [2.24, 2.45) is 5.92 Å². The number of aliphatic carboxylic acids is 1. The summed E-state index contributed by atoms with van der Waals surface area (Å²) in [6.45, 7) is 5.45. The quantitative estimate of drug-likeness (QED) is 0.300. The SMILES string of the molecule is CCC(CCC(=O)O)Cc1ccccc1C1(C(=O)C=Cc2ccc3c(c2)C2CCCC2N3CC)CCCCC1. The van der Waals surface area contributed by atoms with Crippen molar-refractivity contribution in [1.82, 2.24) is 0 Å². The van der Waals surface area contributed by atoms with Gasteiger partial charge in [-0.05, 0) is 91.8 Å².